The molecule has 0 unspecified atom stereocenters. The SMILES string of the molecule is CCNCc1ccn(Cc2ccc(F)c(C#N)c2)c1. The second-order valence-corrected chi connectivity index (χ2v) is 4.40. The maximum absolute atomic E-state index is 13.2. The third-order valence-corrected chi connectivity index (χ3v) is 2.91. The standard InChI is InChI=1S/C15H16FN3/c1-2-18-9-13-5-6-19(11-13)10-12-3-4-15(16)14(7-12)8-17/h3-7,11,18H,2,9-10H2,1H3. The lowest BCUT2D eigenvalue weighted by Crippen LogP contribution is -2.11. The average Bonchev–Trinajstić information content (AvgIpc) is 2.86. The topological polar surface area (TPSA) is 40.8 Å². The Hall–Kier alpha value is -2.12. The number of rotatable bonds is 5. The van der Waals surface area contributed by atoms with Gasteiger partial charge in [-0.15, -0.1) is 0 Å². The highest BCUT2D eigenvalue weighted by molar-refractivity contribution is 5.34. The van der Waals surface area contributed by atoms with Gasteiger partial charge in [-0.3, -0.25) is 0 Å². The molecule has 0 saturated carbocycles. The van der Waals surface area contributed by atoms with Crippen LogP contribution in [0.4, 0.5) is 4.39 Å². The van der Waals surface area contributed by atoms with Crippen molar-refractivity contribution in [1.29, 1.82) is 5.26 Å². The first-order valence-electron chi connectivity index (χ1n) is 6.27. The maximum atomic E-state index is 13.2. The monoisotopic (exact) mass is 257 g/mol. The molecule has 3 nitrogen and oxygen atoms in total. The van der Waals surface area contributed by atoms with Gasteiger partial charge < -0.3 is 9.88 Å². The molecule has 0 aliphatic carbocycles. The van der Waals surface area contributed by atoms with Crippen LogP contribution in [-0.2, 0) is 13.1 Å². The van der Waals surface area contributed by atoms with Gasteiger partial charge in [-0.2, -0.15) is 5.26 Å². The minimum atomic E-state index is -0.466. The first kappa shape index (κ1) is 13.3. The van der Waals surface area contributed by atoms with Crippen LogP contribution in [0.5, 0.6) is 0 Å². The summed E-state index contributed by atoms with van der Waals surface area (Å²) in [6.45, 7) is 4.49. The lowest BCUT2D eigenvalue weighted by Gasteiger charge is -2.04. The number of nitrogens with one attached hydrogen (secondary N) is 1. The van der Waals surface area contributed by atoms with Crippen LogP contribution in [0.3, 0.4) is 0 Å². The van der Waals surface area contributed by atoms with Crippen LogP contribution in [0, 0.1) is 17.1 Å². The molecule has 2 aromatic rings. The number of halogens is 1. The van der Waals surface area contributed by atoms with Crippen LogP contribution in [-0.4, -0.2) is 11.1 Å². The van der Waals surface area contributed by atoms with Crippen molar-refractivity contribution in [3.05, 3.63) is 59.2 Å². The zero-order valence-electron chi connectivity index (χ0n) is 10.9. The molecular formula is C15H16FN3. The summed E-state index contributed by atoms with van der Waals surface area (Å²) in [7, 11) is 0. The lowest BCUT2D eigenvalue weighted by atomic mass is 10.1. The fourth-order valence-electron chi connectivity index (χ4n) is 1.93. The lowest BCUT2D eigenvalue weighted by molar-refractivity contribution is 0.622. The van der Waals surface area contributed by atoms with E-state index in [-0.39, 0.29) is 5.56 Å². The summed E-state index contributed by atoms with van der Waals surface area (Å²) in [5, 5.41) is 12.1. The summed E-state index contributed by atoms with van der Waals surface area (Å²) in [5.74, 6) is -0.466. The Labute approximate surface area is 112 Å². The van der Waals surface area contributed by atoms with Crippen molar-refractivity contribution in [3.8, 4) is 6.07 Å². The highest BCUT2D eigenvalue weighted by Crippen LogP contribution is 2.12. The van der Waals surface area contributed by atoms with Gasteiger partial charge in [-0.1, -0.05) is 13.0 Å². The predicted molar refractivity (Wildman–Crippen MR) is 72.0 cm³/mol. The van der Waals surface area contributed by atoms with Gasteiger partial charge in [0.1, 0.15) is 11.9 Å². The third-order valence-electron chi connectivity index (χ3n) is 2.91. The van der Waals surface area contributed by atoms with Gasteiger partial charge in [0, 0.05) is 25.5 Å². The predicted octanol–water partition coefficient (Wildman–Crippen LogP) is 2.66. The van der Waals surface area contributed by atoms with E-state index in [2.05, 4.69) is 24.5 Å². The van der Waals surface area contributed by atoms with Crippen molar-refractivity contribution in [2.45, 2.75) is 20.0 Å². The molecule has 0 spiro atoms. The smallest absolute Gasteiger partial charge is 0.140 e. The van der Waals surface area contributed by atoms with Crippen molar-refractivity contribution in [1.82, 2.24) is 9.88 Å². The number of hydrogen-bond acceptors (Lipinski definition) is 2. The van der Waals surface area contributed by atoms with E-state index in [1.54, 1.807) is 12.1 Å². The van der Waals surface area contributed by atoms with Gasteiger partial charge in [0.2, 0.25) is 0 Å². The summed E-state index contributed by atoms with van der Waals surface area (Å²) in [5.41, 5.74) is 2.23. The van der Waals surface area contributed by atoms with Crippen molar-refractivity contribution in [2.24, 2.45) is 0 Å². The Morgan fingerprint density at radius 1 is 1.32 bits per heavy atom. The second-order valence-electron chi connectivity index (χ2n) is 4.40. The van der Waals surface area contributed by atoms with E-state index in [9.17, 15) is 4.39 Å². The Kier molecular flexibility index (Phi) is 4.32. The van der Waals surface area contributed by atoms with Crippen LogP contribution in [0.2, 0.25) is 0 Å². The molecule has 19 heavy (non-hydrogen) atoms. The van der Waals surface area contributed by atoms with Crippen LogP contribution in [0.25, 0.3) is 0 Å². The number of aromatic nitrogens is 1. The molecule has 1 N–H and O–H groups in total. The van der Waals surface area contributed by atoms with Gasteiger partial charge in [-0.25, -0.2) is 4.39 Å². The molecule has 0 amide bonds. The third kappa shape index (κ3) is 3.43. The van der Waals surface area contributed by atoms with E-state index < -0.39 is 5.82 Å². The van der Waals surface area contributed by atoms with Gasteiger partial charge in [0.15, 0.2) is 0 Å². The quantitative estimate of drug-likeness (QED) is 0.894. The van der Waals surface area contributed by atoms with Gasteiger partial charge in [0.25, 0.3) is 0 Å². The normalized spacial score (nSPS) is 10.4. The zero-order chi connectivity index (χ0) is 13.7. The van der Waals surface area contributed by atoms with Crippen LogP contribution >= 0.6 is 0 Å². The summed E-state index contributed by atoms with van der Waals surface area (Å²) < 4.78 is 15.2. The molecule has 0 atom stereocenters. The first-order valence-corrected chi connectivity index (χ1v) is 6.27. The molecule has 0 aliphatic rings. The van der Waals surface area contributed by atoms with Crippen LogP contribution in [0.1, 0.15) is 23.6 Å². The van der Waals surface area contributed by atoms with Crippen molar-refractivity contribution in [3.63, 3.8) is 0 Å². The zero-order valence-corrected chi connectivity index (χ0v) is 10.9. The Morgan fingerprint density at radius 2 is 2.16 bits per heavy atom. The molecule has 0 aliphatic heterocycles. The Bertz CT molecular complexity index is 596. The van der Waals surface area contributed by atoms with E-state index in [1.165, 1.54) is 11.6 Å². The first-order chi connectivity index (χ1) is 9.22. The largest absolute Gasteiger partial charge is 0.350 e. The molecule has 0 radical (unpaired) electrons. The molecular weight excluding hydrogens is 241 g/mol. The van der Waals surface area contributed by atoms with Crippen molar-refractivity contribution >= 4 is 0 Å². The van der Waals surface area contributed by atoms with Gasteiger partial charge >= 0.3 is 0 Å². The van der Waals surface area contributed by atoms with Crippen molar-refractivity contribution in [2.75, 3.05) is 6.54 Å². The fraction of sp³-hybridized carbons (Fsp3) is 0.267. The Balaban J connectivity index is 2.09. The molecule has 0 saturated heterocycles. The molecule has 1 aromatic carbocycles. The molecule has 2 rings (SSSR count). The molecule has 4 heteroatoms. The maximum Gasteiger partial charge on any atom is 0.140 e. The van der Waals surface area contributed by atoms with Gasteiger partial charge in [-0.05, 0) is 35.9 Å². The van der Waals surface area contributed by atoms with E-state index in [4.69, 9.17) is 5.26 Å². The van der Waals surface area contributed by atoms with E-state index in [1.807, 2.05) is 16.8 Å². The molecule has 0 bridgehead atoms. The highest BCUT2D eigenvalue weighted by Gasteiger charge is 2.03. The fourth-order valence-corrected chi connectivity index (χ4v) is 1.93. The number of hydrogen-bond donors (Lipinski definition) is 1. The highest BCUT2D eigenvalue weighted by atomic mass is 19.1. The minimum absolute atomic E-state index is 0.0949. The Morgan fingerprint density at radius 3 is 2.89 bits per heavy atom. The van der Waals surface area contributed by atoms with E-state index >= 15 is 0 Å². The number of benzene rings is 1. The van der Waals surface area contributed by atoms with Crippen LogP contribution in [0.15, 0.2) is 36.7 Å². The average molecular weight is 257 g/mol. The molecule has 98 valence electrons. The minimum Gasteiger partial charge on any atom is -0.350 e. The summed E-state index contributed by atoms with van der Waals surface area (Å²) >= 11 is 0. The molecule has 0 fully saturated rings. The van der Waals surface area contributed by atoms with Gasteiger partial charge in [0.05, 0.1) is 5.56 Å². The molecule has 1 aromatic heterocycles. The number of nitrogens with zero attached hydrogens (tertiary/aromatic N) is 2. The van der Waals surface area contributed by atoms with Crippen LogP contribution < -0.4 is 5.32 Å². The number of nitriles is 1. The molecule has 1 heterocycles. The summed E-state index contributed by atoms with van der Waals surface area (Å²) in [6, 6.07) is 8.56. The van der Waals surface area contributed by atoms with E-state index in [0.717, 1.165) is 18.7 Å². The van der Waals surface area contributed by atoms with E-state index in [0.29, 0.717) is 6.54 Å². The van der Waals surface area contributed by atoms with Crippen molar-refractivity contribution < 1.29 is 4.39 Å². The summed E-state index contributed by atoms with van der Waals surface area (Å²) in [6.07, 6.45) is 4.04. The second kappa shape index (κ2) is 6.17. The summed E-state index contributed by atoms with van der Waals surface area (Å²) in [4.78, 5) is 0.